The average molecular weight is 1270 g/mol. The molecule has 3 amide bonds. The summed E-state index contributed by atoms with van der Waals surface area (Å²) in [5, 5.41) is 41.7. The van der Waals surface area contributed by atoms with Crippen LogP contribution in [0.5, 0.6) is 0 Å². The van der Waals surface area contributed by atoms with E-state index in [9.17, 15) is 39.3 Å². The van der Waals surface area contributed by atoms with Crippen molar-refractivity contribution in [2.24, 2.45) is 16.2 Å². The molecule has 3 unspecified atom stereocenters. The van der Waals surface area contributed by atoms with Gasteiger partial charge in [0, 0.05) is 147 Å². The fourth-order valence-electron chi connectivity index (χ4n) is 10.4. The molecule has 0 bridgehead atoms. The Balaban J connectivity index is 0.000000540. The summed E-state index contributed by atoms with van der Waals surface area (Å²) >= 11 is 17.7. The standard InChI is InChI=1S/C18H26ClNO3.2C13H18ClNO.2C10H17NO3.Ar.Li.H/c1-16(2,3)23-15(21)20-11-10-18(22,17(4,5)12-20)13-6-8-14(19)9-7-13;2*1-12(2)9-15-8-7-13(12,16)10-3-5-11(14)6-4-10;2*1-10(2,3)14-9(13)11-6-4-8(12)5-7-11;;;/h6-9,22H,10-12H2,1-5H3;2*3-6,15-16H,7-9H2,1-2H3;2*4-7H2,1-3H3;;;/q;;;;;;+1;-1. The largest absolute Gasteiger partial charge is 1.00 e. The molecule has 3 aromatic carbocycles. The molecule has 85 heavy (non-hydrogen) atoms. The van der Waals surface area contributed by atoms with Crippen LogP contribution in [0.15, 0.2) is 72.8 Å². The Bertz CT molecular complexity index is 2510. The van der Waals surface area contributed by atoms with E-state index in [-0.39, 0.29) is 98.7 Å². The summed E-state index contributed by atoms with van der Waals surface area (Å²) in [6.07, 6.45) is 2.81. The Hall–Kier alpha value is -2.66. The second kappa shape index (κ2) is 32.4. The molecule has 5 aliphatic heterocycles. The van der Waals surface area contributed by atoms with Gasteiger partial charge in [0.2, 0.25) is 0 Å². The van der Waals surface area contributed by atoms with Gasteiger partial charge in [-0.2, -0.15) is 0 Å². The first-order chi connectivity index (χ1) is 38.1. The molecule has 3 atom stereocenters. The van der Waals surface area contributed by atoms with Crippen molar-refractivity contribution in [3.63, 3.8) is 0 Å². The van der Waals surface area contributed by atoms with Crippen molar-refractivity contribution in [1.29, 1.82) is 0 Å². The topological polar surface area (TPSA) is 208 Å². The Kier molecular flexibility index (Phi) is 29.9. The number of carbonyl (C=O) groups is 5. The molecule has 3 aromatic rings. The quantitative estimate of drug-likeness (QED) is 0.123. The van der Waals surface area contributed by atoms with E-state index in [0.717, 1.165) is 55.7 Å². The van der Waals surface area contributed by atoms with Crippen LogP contribution in [0.25, 0.3) is 0 Å². The van der Waals surface area contributed by atoms with Gasteiger partial charge in [-0.3, -0.25) is 9.59 Å². The molecule has 5 saturated heterocycles. The van der Waals surface area contributed by atoms with Crippen molar-refractivity contribution >= 4 is 64.6 Å². The first-order valence-electron chi connectivity index (χ1n) is 29.0. The molecule has 5 heterocycles. The number of hydrogen-bond acceptors (Lipinski definition) is 13. The minimum absolute atomic E-state index is 0. The maximum Gasteiger partial charge on any atom is 1.00 e. The number of hydrogen-bond donors (Lipinski definition) is 5. The molecule has 5 aliphatic rings. The van der Waals surface area contributed by atoms with Crippen molar-refractivity contribution in [3.05, 3.63) is 105 Å². The Labute approximate surface area is 565 Å². The zero-order chi connectivity index (χ0) is 62.6. The van der Waals surface area contributed by atoms with Crippen LogP contribution in [0.3, 0.4) is 0 Å². The molecule has 5 fully saturated rings. The van der Waals surface area contributed by atoms with Crippen LogP contribution in [0.4, 0.5) is 14.4 Å². The number of ether oxygens (including phenoxy) is 3. The van der Waals surface area contributed by atoms with E-state index in [1.54, 1.807) is 26.8 Å². The van der Waals surface area contributed by atoms with Crippen molar-refractivity contribution < 1.29 is 112 Å². The third-order valence-corrected chi connectivity index (χ3v) is 16.5. The molecule has 0 radical (unpaired) electrons. The Morgan fingerprint density at radius 2 is 0.718 bits per heavy atom. The summed E-state index contributed by atoms with van der Waals surface area (Å²) in [6.45, 7) is 35.1. The normalized spacial score (nSPS) is 23.5. The number of carbonyl (C=O) groups excluding carboxylic acids is 5. The van der Waals surface area contributed by atoms with Crippen LogP contribution >= 0.6 is 34.8 Å². The van der Waals surface area contributed by atoms with E-state index >= 15 is 0 Å². The molecule has 21 heteroatoms. The molecule has 0 spiro atoms. The summed E-state index contributed by atoms with van der Waals surface area (Å²) in [4.78, 5) is 62.1. The van der Waals surface area contributed by atoms with Crippen molar-refractivity contribution in [1.82, 2.24) is 25.3 Å². The maximum atomic E-state index is 12.3. The smallest absolute Gasteiger partial charge is 1.00 e. The van der Waals surface area contributed by atoms with Gasteiger partial charge in [0.05, 0.1) is 16.8 Å². The Morgan fingerprint density at radius 1 is 0.459 bits per heavy atom. The number of aliphatic hydroxyl groups is 3. The number of likely N-dealkylation sites (tertiary alicyclic amines) is 3. The number of nitrogens with one attached hydrogen (secondary N) is 2. The van der Waals surface area contributed by atoms with Crippen LogP contribution in [-0.4, -0.2) is 142 Å². The molecular formula is C64H97ArCl3LiN5O11. The number of nitrogens with zero attached hydrogens (tertiary/aromatic N) is 3. The van der Waals surface area contributed by atoms with Crippen LogP contribution in [-0.2, 0) is 40.6 Å². The molecule has 0 aromatic heterocycles. The number of ketones is 2. The fraction of sp³-hybridized carbons (Fsp3) is 0.641. The monoisotopic (exact) mass is 1260 g/mol. The predicted molar refractivity (Wildman–Crippen MR) is 330 cm³/mol. The first-order valence-corrected chi connectivity index (χ1v) is 30.1. The molecule has 0 aliphatic carbocycles. The van der Waals surface area contributed by atoms with E-state index in [1.165, 1.54) is 0 Å². The van der Waals surface area contributed by atoms with Gasteiger partial charge in [-0.25, -0.2) is 14.4 Å². The van der Waals surface area contributed by atoms with Gasteiger partial charge in [-0.05, 0) is 148 Å². The third-order valence-electron chi connectivity index (χ3n) is 15.7. The molecular weight excluding hydrogens is 1170 g/mol. The molecule has 0 saturated carbocycles. The minimum Gasteiger partial charge on any atom is -1.00 e. The zero-order valence-electron chi connectivity index (χ0n) is 54.4. The van der Waals surface area contributed by atoms with Gasteiger partial charge in [0.1, 0.15) is 28.4 Å². The predicted octanol–water partition coefficient (Wildman–Crippen LogP) is 9.58. The number of halogens is 3. The van der Waals surface area contributed by atoms with Crippen LogP contribution in [0.1, 0.15) is 167 Å². The second-order valence-electron chi connectivity index (χ2n) is 27.3. The third kappa shape index (κ3) is 23.3. The van der Waals surface area contributed by atoms with Crippen molar-refractivity contribution in [3.8, 4) is 0 Å². The number of benzene rings is 3. The molecule has 16 nitrogen and oxygen atoms in total. The SMILES string of the molecule is CC(C)(C)OC(=O)N1CCC(=O)CC1.CC(C)(C)OC(=O)N1CCC(=O)CC1.CC(C)(C)OC(=O)N1CCC(O)(c2ccc(Cl)cc2)C(C)(C)C1.CC1(C)CNCCC1(O)c1ccc(Cl)cc1.CC1(C)CNCCC1(O)c1ccc(Cl)cc1.[Ar].[H-].[Li+]. The zero-order valence-corrected chi connectivity index (χ0v) is 56.4. The van der Waals surface area contributed by atoms with Crippen molar-refractivity contribution in [2.45, 2.75) is 182 Å². The maximum absolute atomic E-state index is 12.3. The summed E-state index contributed by atoms with van der Waals surface area (Å²) < 4.78 is 15.8. The Morgan fingerprint density at radius 3 is 0.965 bits per heavy atom. The fourth-order valence-corrected chi connectivity index (χ4v) is 10.8. The van der Waals surface area contributed by atoms with E-state index < -0.39 is 39.0 Å². The number of rotatable bonds is 3. The van der Waals surface area contributed by atoms with Crippen LogP contribution in [0, 0.1) is 54.0 Å². The summed E-state index contributed by atoms with van der Waals surface area (Å²) in [5.41, 5.74) is -2.06. The second-order valence-corrected chi connectivity index (χ2v) is 28.6. The summed E-state index contributed by atoms with van der Waals surface area (Å²) in [5.74, 6) is 0.453. The van der Waals surface area contributed by atoms with Gasteiger partial charge < -0.3 is 56.3 Å². The van der Waals surface area contributed by atoms with E-state index in [1.807, 2.05) is 137 Å². The number of amides is 3. The molecule has 474 valence electrons. The van der Waals surface area contributed by atoms with Gasteiger partial charge in [-0.15, -0.1) is 0 Å². The van der Waals surface area contributed by atoms with E-state index in [0.29, 0.717) is 86.4 Å². The average Bonchev–Trinajstić information content (AvgIpc) is 1.10. The van der Waals surface area contributed by atoms with Gasteiger partial charge in [-0.1, -0.05) is 113 Å². The number of piperidine rings is 5. The minimum atomic E-state index is -1.00. The molecule has 5 N–H and O–H groups in total. The first kappa shape index (κ1) is 78.4. The summed E-state index contributed by atoms with van der Waals surface area (Å²) in [6, 6.07) is 22.3. The van der Waals surface area contributed by atoms with Crippen molar-refractivity contribution in [2.75, 3.05) is 65.4 Å². The molecule has 8 rings (SSSR count). The van der Waals surface area contributed by atoms with E-state index in [4.69, 9.17) is 49.0 Å². The number of Topliss-reactive ketones (excluding diaryl/α,β-unsaturated/α-hetero) is 2. The van der Waals surface area contributed by atoms with Gasteiger partial charge in [0.15, 0.2) is 0 Å². The van der Waals surface area contributed by atoms with Crippen LogP contribution < -0.4 is 29.5 Å². The van der Waals surface area contributed by atoms with Gasteiger partial charge in [0.25, 0.3) is 0 Å². The summed E-state index contributed by atoms with van der Waals surface area (Å²) in [7, 11) is 0. The van der Waals surface area contributed by atoms with E-state index in [2.05, 4.69) is 38.3 Å². The van der Waals surface area contributed by atoms with Crippen LogP contribution in [0.2, 0.25) is 15.1 Å². The van der Waals surface area contributed by atoms with Gasteiger partial charge >= 0.3 is 37.1 Å².